The van der Waals surface area contributed by atoms with Crippen molar-refractivity contribution in [3.05, 3.63) is 102 Å². The first kappa shape index (κ1) is 17.7. The molecule has 6 nitrogen and oxygen atoms in total. The van der Waals surface area contributed by atoms with Gasteiger partial charge in [0.2, 0.25) is 11.7 Å². The highest BCUT2D eigenvalue weighted by molar-refractivity contribution is 6.08. The minimum atomic E-state index is -0.710. The Kier molecular flexibility index (Phi) is 3.96. The molecule has 0 bridgehead atoms. The van der Waals surface area contributed by atoms with Crippen molar-refractivity contribution in [2.75, 3.05) is 10.6 Å². The average molecular weight is 409 g/mol. The summed E-state index contributed by atoms with van der Waals surface area (Å²) in [6.45, 7) is 0.442. The zero-order chi connectivity index (χ0) is 20.8. The van der Waals surface area contributed by atoms with Crippen LogP contribution in [0.5, 0.6) is 5.75 Å². The molecule has 6 rings (SSSR count). The second-order valence-electron chi connectivity index (χ2n) is 7.59. The molecule has 4 aromatic rings. The van der Waals surface area contributed by atoms with Gasteiger partial charge in [-0.1, -0.05) is 36.4 Å². The topological polar surface area (TPSA) is 75.4 Å². The molecule has 2 aliphatic rings. The van der Waals surface area contributed by atoms with Crippen LogP contribution in [0, 0.1) is 0 Å². The predicted octanol–water partition coefficient (Wildman–Crippen LogP) is 5.09. The number of hydrogen-bond donors (Lipinski definition) is 3. The molecule has 3 N–H and O–H groups in total. The lowest BCUT2D eigenvalue weighted by molar-refractivity contribution is -0.121. The van der Waals surface area contributed by atoms with Crippen molar-refractivity contribution in [1.82, 2.24) is 4.98 Å². The highest BCUT2D eigenvalue weighted by Crippen LogP contribution is 2.41. The van der Waals surface area contributed by atoms with Gasteiger partial charge in [-0.15, -0.1) is 0 Å². The van der Waals surface area contributed by atoms with Gasteiger partial charge in [-0.25, -0.2) is 0 Å². The quantitative estimate of drug-likeness (QED) is 0.438. The van der Waals surface area contributed by atoms with E-state index in [1.54, 1.807) is 0 Å². The van der Waals surface area contributed by atoms with Crippen LogP contribution in [0.25, 0.3) is 10.9 Å². The number of nitrogens with one attached hydrogen (secondary N) is 3. The number of para-hydroxylation sites is 3. The maximum atomic E-state index is 13.2. The second kappa shape index (κ2) is 6.95. The van der Waals surface area contributed by atoms with E-state index < -0.39 is 6.10 Å². The first-order valence-corrected chi connectivity index (χ1v) is 10.1. The van der Waals surface area contributed by atoms with Gasteiger partial charge in [0.1, 0.15) is 18.1 Å². The van der Waals surface area contributed by atoms with Crippen LogP contribution in [-0.2, 0) is 16.1 Å². The van der Waals surface area contributed by atoms with Crippen molar-refractivity contribution >= 4 is 28.1 Å². The van der Waals surface area contributed by atoms with Crippen molar-refractivity contribution < 1.29 is 14.3 Å². The number of H-pyrrole nitrogens is 1. The van der Waals surface area contributed by atoms with Gasteiger partial charge >= 0.3 is 0 Å². The Morgan fingerprint density at radius 2 is 1.68 bits per heavy atom. The molecular weight excluding hydrogens is 390 g/mol. The Hall–Kier alpha value is -4.19. The highest BCUT2D eigenvalue weighted by Gasteiger charge is 2.40. The Morgan fingerprint density at radius 1 is 0.903 bits per heavy atom. The maximum absolute atomic E-state index is 13.2. The number of aromatic amines is 1. The summed E-state index contributed by atoms with van der Waals surface area (Å²) in [6.07, 6.45) is 1.14. The van der Waals surface area contributed by atoms with Crippen LogP contribution in [-0.4, -0.2) is 10.8 Å². The smallest absolute Gasteiger partial charge is 0.229 e. The first-order chi connectivity index (χ1) is 15.3. The number of fused-ring (bicyclic) bond motifs is 2. The van der Waals surface area contributed by atoms with Crippen LogP contribution in [0.1, 0.15) is 17.2 Å². The van der Waals surface area contributed by atoms with Crippen molar-refractivity contribution in [3.8, 4) is 5.75 Å². The van der Waals surface area contributed by atoms with Crippen molar-refractivity contribution in [1.29, 1.82) is 0 Å². The standard InChI is InChI=1S/C25H19N3O3/c29-23-22-25(28-21-9-5-4-8-20(21)27-22)31-24(23)18-13-26-19-11-10-15(12-17(18)19)14-30-16-6-2-1-3-7-16/h1-13,24,26-28H,14H2. The lowest BCUT2D eigenvalue weighted by atomic mass is 10.0. The Morgan fingerprint density at radius 3 is 2.52 bits per heavy atom. The van der Waals surface area contributed by atoms with Gasteiger partial charge in [0.05, 0.1) is 11.4 Å². The van der Waals surface area contributed by atoms with Gasteiger partial charge < -0.3 is 25.1 Å². The second-order valence-corrected chi connectivity index (χ2v) is 7.59. The molecule has 0 amide bonds. The Labute approximate surface area is 178 Å². The number of carbonyl (C=O) groups excluding carboxylic acids is 1. The largest absolute Gasteiger partial charge is 0.489 e. The third kappa shape index (κ3) is 3.00. The third-order valence-electron chi connectivity index (χ3n) is 5.59. The number of Topliss-reactive ketones (excluding diaryl/α,β-unsaturated/α-hetero) is 1. The molecule has 2 aliphatic heterocycles. The summed E-state index contributed by atoms with van der Waals surface area (Å²) in [5, 5.41) is 7.38. The van der Waals surface area contributed by atoms with Crippen molar-refractivity contribution in [2.24, 2.45) is 0 Å². The normalized spacial score (nSPS) is 16.9. The molecule has 0 saturated heterocycles. The first-order valence-electron chi connectivity index (χ1n) is 10.1. The molecule has 0 spiro atoms. The number of carbonyl (C=O) groups is 1. The van der Waals surface area contributed by atoms with E-state index >= 15 is 0 Å². The Bertz CT molecular complexity index is 1340. The van der Waals surface area contributed by atoms with Gasteiger partial charge in [-0.3, -0.25) is 4.79 Å². The molecule has 0 fully saturated rings. The minimum absolute atomic E-state index is 0.0937. The number of hydrogen-bond acceptors (Lipinski definition) is 5. The van der Waals surface area contributed by atoms with Crippen molar-refractivity contribution in [2.45, 2.75) is 12.7 Å². The number of ketones is 1. The number of ether oxygens (including phenoxy) is 2. The lowest BCUT2D eigenvalue weighted by Gasteiger charge is -2.19. The zero-order valence-electron chi connectivity index (χ0n) is 16.5. The van der Waals surface area contributed by atoms with Gasteiger partial charge in [0, 0.05) is 22.7 Å². The summed E-state index contributed by atoms with van der Waals surface area (Å²) >= 11 is 0. The Balaban J connectivity index is 1.27. The number of aromatic nitrogens is 1. The molecule has 1 unspecified atom stereocenters. The maximum Gasteiger partial charge on any atom is 0.229 e. The molecule has 6 heteroatoms. The number of rotatable bonds is 4. The lowest BCUT2D eigenvalue weighted by Crippen LogP contribution is -2.17. The fourth-order valence-corrected chi connectivity index (χ4v) is 4.03. The molecule has 3 heterocycles. The van der Waals surface area contributed by atoms with Crippen molar-refractivity contribution in [3.63, 3.8) is 0 Å². The fraction of sp³-hybridized carbons (Fsp3) is 0.0800. The van der Waals surface area contributed by atoms with E-state index in [9.17, 15) is 4.79 Å². The summed E-state index contributed by atoms with van der Waals surface area (Å²) in [4.78, 5) is 16.4. The van der Waals surface area contributed by atoms with Crippen LogP contribution in [0.15, 0.2) is 90.6 Å². The third-order valence-corrected chi connectivity index (χ3v) is 5.59. The van der Waals surface area contributed by atoms with E-state index in [0.29, 0.717) is 18.2 Å². The van der Waals surface area contributed by atoms with E-state index in [-0.39, 0.29) is 5.78 Å². The van der Waals surface area contributed by atoms with Gasteiger partial charge in [0.25, 0.3) is 0 Å². The van der Waals surface area contributed by atoms with Gasteiger partial charge in [-0.05, 0) is 42.0 Å². The van der Waals surface area contributed by atoms with Crippen LogP contribution < -0.4 is 15.4 Å². The van der Waals surface area contributed by atoms with Crippen LogP contribution in [0.2, 0.25) is 0 Å². The van der Waals surface area contributed by atoms with E-state index in [1.807, 2.05) is 79.0 Å². The summed E-state index contributed by atoms with van der Waals surface area (Å²) in [6, 6.07) is 23.5. The monoisotopic (exact) mass is 409 g/mol. The van der Waals surface area contributed by atoms with Gasteiger partial charge in [-0.2, -0.15) is 0 Å². The van der Waals surface area contributed by atoms with Gasteiger partial charge in [0.15, 0.2) is 6.10 Å². The summed E-state index contributed by atoms with van der Waals surface area (Å²) in [5.41, 5.74) is 4.98. The van der Waals surface area contributed by atoms with Crippen LogP contribution in [0.3, 0.4) is 0 Å². The number of anilines is 2. The fourth-order valence-electron chi connectivity index (χ4n) is 4.03. The minimum Gasteiger partial charge on any atom is -0.489 e. The molecule has 152 valence electrons. The highest BCUT2D eigenvalue weighted by atomic mass is 16.5. The molecule has 0 aliphatic carbocycles. The van der Waals surface area contributed by atoms with Crippen LogP contribution in [0.4, 0.5) is 11.4 Å². The molecule has 31 heavy (non-hydrogen) atoms. The number of benzene rings is 3. The summed E-state index contributed by atoms with van der Waals surface area (Å²) < 4.78 is 11.9. The SMILES string of the molecule is O=C1C2=C(Nc3ccccc3N2)OC1c1c[nH]c2ccc(COc3ccccc3)cc12. The zero-order valence-corrected chi connectivity index (χ0v) is 16.5. The molecule has 0 saturated carbocycles. The predicted molar refractivity (Wildman–Crippen MR) is 119 cm³/mol. The van der Waals surface area contributed by atoms with E-state index in [0.717, 1.165) is 39.2 Å². The van der Waals surface area contributed by atoms with E-state index in [2.05, 4.69) is 15.6 Å². The molecule has 1 aromatic heterocycles. The molecular formula is C25H19N3O3. The molecule has 3 aromatic carbocycles. The van der Waals surface area contributed by atoms with E-state index in [4.69, 9.17) is 9.47 Å². The average Bonchev–Trinajstić information content (AvgIpc) is 3.37. The van der Waals surface area contributed by atoms with Crippen LogP contribution >= 0.6 is 0 Å². The summed E-state index contributed by atoms with van der Waals surface area (Å²) in [5.74, 6) is 1.19. The van der Waals surface area contributed by atoms with E-state index in [1.165, 1.54) is 0 Å². The summed E-state index contributed by atoms with van der Waals surface area (Å²) in [7, 11) is 0. The molecule has 0 radical (unpaired) electrons. The molecule has 1 atom stereocenters.